The number of thioether (sulfide) groups is 1. The summed E-state index contributed by atoms with van der Waals surface area (Å²) in [4.78, 5) is 11.1. The Bertz CT molecular complexity index is 177. The van der Waals surface area contributed by atoms with Crippen LogP contribution in [-0.2, 0) is 9.53 Å². The van der Waals surface area contributed by atoms with Crippen molar-refractivity contribution in [1.82, 2.24) is 0 Å². The normalized spacial score (nSPS) is 33.1. The molecule has 2 unspecified atom stereocenters. The van der Waals surface area contributed by atoms with Crippen molar-refractivity contribution in [3.63, 3.8) is 0 Å². The van der Waals surface area contributed by atoms with E-state index in [0.717, 1.165) is 0 Å². The first-order valence-electron chi connectivity index (χ1n) is 3.66. The summed E-state index contributed by atoms with van der Waals surface area (Å²) in [7, 11) is 1.45. The van der Waals surface area contributed by atoms with Crippen LogP contribution < -0.4 is 0 Å². The van der Waals surface area contributed by atoms with Gasteiger partial charge >= 0.3 is 5.97 Å². The second-order valence-corrected chi connectivity index (χ2v) is 4.46. The average molecular weight is 174 g/mol. The minimum absolute atomic E-state index is 0.0608. The molecule has 0 bridgehead atoms. The summed E-state index contributed by atoms with van der Waals surface area (Å²) >= 11 is 1.75. The molecule has 2 atom stereocenters. The first kappa shape index (κ1) is 8.91. The summed E-state index contributed by atoms with van der Waals surface area (Å²) in [6, 6.07) is 0. The fourth-order valence-electron chi connectivity index (χ4n) is 1.58. The molecule has 1 saturated carbocycles. The van der Waals surface area contributed by atoms with Crippen molar-refractivity contribution < 1.29 is 9.53 Å². The maximum Gasteiger partial charge on any atom is 0.310 e. The van der Waals surface area contributed by atoms with Crippen LogP contribution in [0.15, 0.2) is 0 Å². The van der Waals surface area contributed by atoms with Gasteiger partial charge in [-0.1, -0.05) is 13.8 Å². The number of esters is 1. The van der Waals surface area contributed by atoms with E-state index in [0.29, 0.717) is 5.25 Å². The van der Waals surface area contributed by atoms with Crippen LogP contribution in [0.2, 0.25) is 0 Å². The van der Waals surface area contributed by atoms with E-state index < -0.39 is 0 Å². The number of methoxy groups -OCH3 is 1. The van der Waals surface area contributed by atoms with E-state index in [1.165, 1.54) is 7.11 Å². The van der Waals surface area contributed by atoms with Crippen molar-refractivity contribution in [3.8, 4) is 0 Å². The van der Waals surface area contributed by atoms with E-state index in [2.05, 4.69) is 18.6 Å². The predicted octanol–water partition coefficient (Wildman–Crippen LogP) is 1.55. The molecule has 0 aromatic carbocycles. The van der Waals surface area contributed by atoms with Gasteiger partial charge in [-0.3, -0.25) is 4.79 Å². The third-order valence-corrected chi connectivity index (χ3v) is 3.83. The van der Waals surface area contributed by atoms with E-state index in [4.69, 9.17) is 0 Å². The predicted molar refractivity (Wildman–Crippen MR) is 46.6 cm³/mol. The lowest BCUT2D eigenvalue weighted by Crippen LogP contribution is -2.07. The van der Waals surface area contributed by atoms with Gasteiger partial charge in [-0.15, -0.1) is 0 Å². The first-order valence-corrected chi connectivity index (χ1v) is 4.95. The zero-order valence-corrected chi connectivity index (χ0v) is 8.20. The van der Waals surface area contributed by atoms with E-state index in [1.54, 1.807) is 11.8 Å². The van der Waals surface area contributed by atoms with Crippen molar-refractivity contribution in [3.05, 3.63) is 0 Å². The number of hydrogen-bond donors (Lipinski definition) is 0. The third-order valence-electron chi connectivity index (χ3n) is 2.44. The first-order chi connectivity index (χ1) is 5.05. The molecule has 11 heavy (non-hydrogen) atoms. The quantitative estimate of drug-likeness (QED) is 0.594. The number of hydrogen-bond acceptors (Lipinski definition) is 3. The molecule has 1 aliphatic carbocycles. The standard InChI is InChI=1S/C8H14O2S/c1-8(2)5(6(8)11-4)7(9)10-3/h5-6H,1-4H3. The third kappa shape index (κ3) is 1.26. The van der Waals surface area contributed by atoms with Crippen molar-refractivity contribution >= 4 is 17.7 Å². The summed E-state index contributed by atoms with van der Waals surface area (Å²) in [5.41, 5.74) is 0.145. The lowest BCUT2D eigenvalue weighted by molar-refractivity contribution is -0.142. The highest BCUT2D eigenvalue weighted by Gasteiger charge is 2.62. The van der Waals surface area contributed by atoms with Crippen LogP contribution in [0, 0.1) is 11.3 Å². The van der Waals surface area contributed by atoms with Gasteiger partial charge in [0.1, 0.15) is 0 Å². The van der Waals surface area contributed by atoms with Gasteiger partial charge in [-0.25, -0.2) is 0 Å². The molecule has 1 aliphatic rings. The Kier molecular flexibility index (Phi) is 2.19. The molecule has 0 saturated heterocycles. The summed E-state index contributed by atoms with van der Waals surface area (Å²) in [6.45, 7) is 4.21. The Labute approximate surface area is 71.7 Å². The number of ether oxygens (including phenoxy) is 1. The van der Waals surface area contributed by atoms with Crippen LogP contribution in [0.25, 0.3) is 0 Å². The molecule has 0 aromatic heterocycles. The summed E-state index contributed by atoms with van der Waals surface area (Å²) in [5, 5.41) is 0.454. The van der Waals surface area contributed by atoms with Gasteiger partial charge in [-0.2, -0.15) is 11.8 Å². The molecule has 0 aliphatic heterocycles. The SMILES string of the molecule is COC(=O)C1C(SC)C1(C)C. The Morgan fingerprint density at radius 2 is 2.09 bits per heavy atom. The fraction of sp³-hybridized carbons (Fsp3) is 0.875. The Balaban J connectivity index is 2.58. The molecule has 0 spiro atoms. The molecule has 0 heterocycles. The zero-order chi connectivity index (χ0) is 8.65. The highest BCUT2D eigenvalue weighted by molar-refractivity contribution is 7.99. The van der Waals surface area contributed by atoms with Crippen LogP contribution in [-0.4, -0.2) is 24.6 Å². The lowest BCUT2D eigenvalue weighted by atomic mass is 10.1. The van der Waals surface area contributed by atoms with E-state index in [1.807, 2.05) is 6.26 Å². The summed E-state index contributed by atoms with van der Waals surface area (Å²) < 4.78 is 4.69. The summed E-state index contributed by atoms with van der Waals surface area (Å²) in [5.74, 6) is 0.0526. The Morgan fingerprint density at radius 3 is 2.36 bits per heavy atom. The Morgan fingerprint density at radius 1 is 1.55 bits per heavy atom. The highest BCUT2D eigenvalue weighted by Crippen LogP contribution is 2.58. The van der Waals surface area contributed by atoms with Crippen LogP contribution in [0.4, 0.5) is 0 Å². The molecule has 0 N–H and O–H groups in total. The molecule has 2 nitrogen and oxygen atoms in total. The van der Waals surface area contributed by atoms with Crippen LogP contribution in [0.5, 0.6) is 0 Å². The van der Waals surface area contributed by atoms with E-state index in [9.17, 15) is 4.79 Å². The Hall–Kier alpha value is -0.180. The molecule has 1 rings (SSSR count). The monoisotopic (exact) mass is 174 g/mol. The molecule has 0 amide bonds. The number of rotatable bonds is 2. The van der Waals surface area contributed by atoms with Gasteiger partial charge in [0, 0.05) is 5.25 Å². The van der Waals surface area contributed by atoms with Gasteiger partial charge in [0.2, 0.25) is 0 Å². The molecular formula is C8H14O2S. The van der Waals surface area contributed by atoms with Crippen molar-refractivity contribution in [2.75, 3.05) is 13.4 Å². The van der Waals surface area contributed by atoms with E-state index >= 15 is 0 Å². The van der Waals surface area contributed by atoms with Crippen molar-refractivity contribution in [1.29, 1.82) is 0 Å². The molecule has 64 valence electrons. The van der Waals surface area contributed by atoms with Crippen molar-refractivity contribution in [2.24, 2.45) is 11.3 Å². The van der Waals surface area contributed by atoms with Gasteiger partial charge in [-0.05, 0) is 11.7 Å². The smallest absolute Gasteiger partial charge is 0.310 e. The number of carbonyl (C=O) groups is 1. The maximum absolute atomic E-state index is 11.1. The summed E-state index contributed by atoms with van der Waals surface area (Å²) in [6.07, 6.45) is 2.04. The molecular weight excluding hydrogens is 160 g/mol. The molecule has 1 fully saturated rings. The van der Waals surface area contributed by atoms with Gasteiger partial charge in [0.15, 0.2) is 0 Å². The lowest BCUT2D eigenvalue weighted by Gasteiger charge is -1.98. The second-order valence-electron chi connectivity index (χ2n) is 3.48. The molecule has 3 heteroatoms. The topological polar surface area (TPSA) is 26.3 Å². The van der Waals surface area contributed by atoms with Gasteiger partial charge in [0.05, 0.1) is 13.0 Å². The minimum atomic E-state index is -0.0608. The highest BCUT2D eigenvalue weighted by atomic mass is 32.2. The van der Waals surface area contributed by atoms with Crippen LogP contribution in [0.1, 0.15) is 13.8 Å². The van der Waals surface area contributed by atoms with Crippen molar-refractivity contribution in [2.45, 2.75) is 19.1 Å². The van der Waals surface area contributed by atoms with Crippen LogP contribution in [0.3, 0.4) is 0 Å². The second kappa shape index (κ2) is 2.70. The largest absolute Gasteiger partial charge is 0.469 e. The number of carbonyl (C=O) groups excluding carboxylic acids is 1. The molecule has 0 aromatic rings. The fourth-order valence-corrected chi connectivity index (χ4v) is 2.99. The average Bonchev–Trinajstić information content (AvgIpc) is 2.51. The van der Waals surface area contributed by atoms with Gasteiger partial charge in [0.25, 0.3) is 0 Å². The van der Waals surface area contributed by atoms with E-state index in [-0.39, 0.29) is 17.3 Å². The zero-order valence-electron chi connectivity index (χ0n) is 7.38. The molecule has 0 radical (unpaired) electrons. The minimum Gasteiger partial charge on any atom is -0.469 e. The van der Waals surface area contributed by atoms with Crippen LogP contribution >= 0.6 is 11.8 Å². The van der Waals surface area contributed by atoms with Gasteiger partial charge < -0.3 is 4.74 Å². The maximum atomic E-state index is 11.1.